The van der Waals surface area contributed by atoms with Crippen LogP contribution in [-0.4, -0.2) is 64.2 Å². The first kappa shape index (κ1) is 22.8. The highest BCUT2D eigenvalue weighted by Crippen LogP contribution is 2.30. The van der Waals surface area contributed by atoms with Gasteiger partial charge in [-0.1, -0.05) is 13.8 Å². The Kier molecular flexibility index (Phi) is 7.13. The Morgan fingerprint density at radius 1 is 0.969 bits per heavy atom. The van der Waals surface area contributed by atoms with Crippen molar-refractivity contribution in [3.63, 3.8) is 0 Å². The molecule has 7 heteroatoms. The van der Waals surface area contributed by atoms with E-state index < -0.39 is 0 Å². The summed E-state index contributed by atoms with van der Waals surface area (Å²) in [6.07, 6.45) is 3.83. The van der Waals surface area contributed by atoms with E-state index in [0.717, 1.165) is 63.2 Å². The second kappa shape index (κ2) is 10.0. The van der Waals surface area contributed by atoms with Crippen LogP contribution in [0.1, 0.15) is 65.2 Å². The number of piperazine rings is 1. The van der Waals surface area contributed by atoms with Crippen molar-refractivity contribution in [2.24, 2.45) is 5.92 Å². The van der Waals surface area contributed by atoms with Crippen LogP contribution in [0.5, 0.6) is 5.75 Å². The summed E-state index contributed by atoms with van der Waals surface area (Å²) in [5.41, 5.74) is 0.892. The fourth-order valence-corrected chi connectivity index (χ4v) is 4.60. The van der Waals surface area contributed by atoms with Crippen molar-refractivity contribution in [2.45, 2.75) is 71.4 Å². The largest absolute Gasteiger partial charge is 0.490 e. The van der Waals surface area contributed by atoms with Crippen molar-refractivity contribution in [3.8, 4) is 17.2 Å². The molecule has 0 spiro atoms. The fraction of sp³-hybridized carbons (Fsp3) is 0.640. The Hall–Kier alpha value is -2.41. The van der Waals surface area contributed by atoms with Gasteiger partial charge in [0.05, 0.1) is 6.10 Å². The standard InChI is InChI=1S/C25H36N4O3/c1-17(2)23-26-27-24(32-23)19-5-9-21(10-6-19)31-22-11-7-20(8-12-22)25(30)29-15-13-28(14-16-29)18(3)4/h5-6,9-10,17-18,20,22H,7-8,11-16H2,1-4H3/t20-,22-. The van der Waals surface area contributed by atoms with E-state index in [1.807, 2.05) is 38.1 Å². The van der Waals surface area contributed by atoms with Crippen LogP contribution in [0.3, 0.4) is 0 Å². The molecule has 1 aliphatic carbocycles. The second-order valence-corrected chi connectivity index (χ2v) is 9.67. The van der Waals surface area contributed by atoms with Gasteiger partial charge in [-0.05, 0) is 63.8 Å². The van der Waals surface area contributed by atoms with Crippen LogP contribution in [0.15, 0.2) is 28.7 Å². The molecule has 0 unspecified atom stereocenters. The van der Waals surface area contributed by atoms with Gasteiger partial charge in [0.25, 0.3) is 0 Å². The lowest BCUT2D eigenvalue weighted by Crippen LogP contribution is -2.52. The van der Waals surface area contributed by atoms with Gasteiger partial charge >= 0.3 is 0 Å². The van der Waals surface area contributed by atoms with Crippen LogP contribution in [0.2, 0.25) is 0 Å². The van der Waals surface area contributed by atoms with E-state index in [4.69, 9.17) is 9.15 Å². The lowest BCUT2D eigenvalue weighted by Gasteiger charge is -2.39. The Balaban J connectivity index is 1.24. The van der Waals surface area contributed by atoms with Gasteiger partial charge in [-0.25, -0.2) is 0 Å². The molecule has 1 amide bonds. The highest BCUT2D eigenvalue weighted by atomic mass is 16.5. The van der Waals surface area contributed by atoms with Crippen LogP contribution < -0.4 is 4.74 Å². The number of ether oxygens (including phenoxy) is 1. The number of carbonyl (C=O) groups is 1. The predicted molar refractivity (Wildman–Crippen MR) is 123 cm³/mol. The van der Waals surface area contributed by atoms with E-state index in [2.05, 4.69) is 33.8 Å². The molecule has 1 aromatic carbocycles. The summed E-state index contributed by atoms with van der Waals surface area (Å²) in [6, 6.07) is 8.39. The smallest absolute Gasteiger partial charge is 0.247 e. The zero-order chi connectivity index (χ0) is 22.7. The molecular formula is C25H36N4O3. The van der Waals surface area contributed by atoms with Gasteiger partial charge in [-0.3, -0.25) is 9.69 Å². The zero-order valence-electron chi connectivity index (χ0n) is 19.8. The molecule has 2 heterocycles. The predicted octanol–water partition coefficient (Wildman–Crippen LogP) is 4.35. The van der Waals surface area contributed by atoms with Gasteiger partial charge in [0.2, 0.25) is 17.7 Å². The number of carbonyl (C=O) groups excluding carboxylic acids is 1. The molecule has 7 nitrogen and oxygen atoms in total. The quantitative estimate of drug-likeness (QED) is 0.665. The Morgan fingerprint density at radius 3 is 2.19 bits per heavy atom. The Morgan fingerprint density at radius 2 is 1.62 bits per heavy atom. The SMILES string of the molecule is CC(C)c1nnc(-c2ccc(O[C@H]3CC[C@H](C(=O)N4CCN(C(C)C)CC4)CC3)cc2)o1. The van der Waals surface area contributed by atoms with Crippen molar-refractivity contribution in [3.05, 3.63) is 30.2 Å². The molecule has 4 rings (SSSR count). The van der Waals surface area contributed by atoms with E-state index in [-0.39, 0.29) is 17.9 Å². The van der Waals surface area contributed by atoms with Crippen molar-refractivity contribution >= 4 is 5.91 Å². The molecule has 32 heavy (non-hydrogen) atoms. The minimum atomic E-state index is 0.149. The van der Waals surface area contributed by atoms with Crippen molar-refractivity contribution in [1.29, 1.82) is 0 Å². The minimum Gasteiger partial charge on any atom is -0.490 e. The molecule has 174 valence electrons. The van der Waals surface area contributed by atoms with Crippen LogP contribution in [0, 0.1) is 5.92 Å². The highest BCUT2D eigenvalue weighted by molar-refractivity contribution is 5.79. The molecule has 2 fully saturated rings. The number of nitrogens with zero attached hydrogens (tertiary/aromatic N) is 4. The molecule has 0 bridgehead atoms. The van der Waals surface area contributed by atoms with Gasteiger partial charge in [0.15, 0.2) is 0 Å². The molecular weight excluding hydrogens is 404 g/mol. The van der Waals surface area contributed by atoms with Crippen LogP contribution in [-0.2, 0) is 4.79 Å². The maximum atomic E-state index is 13.0. The second-order valence-electron chi connectivity index (χ2n) is 9.67. The summed E-state index contributed by atoms with van der Waals surface area (Å²) in [6.45, 7) is 12.2. The van der Waals surface area contributed by atoms with Crippen LogP contribution in [0.25, 0.3) is 11.5 Å². The Labute approximate surface area is 191 Å². The lowest BCUT2D eigenvalue weighted by molar-refractivity contribution is -0.139. The zero-order valence-corrected chi connectivity index (χ0v) is 19.8. The highest BCUT2D eigenvalue weighted by Gasteiger charge is 2.32. The average molecular weight is 441 g/mol. The molecule has 0 atom stereocenters. The first-order valence-electron chi connectivity index (χ1n) is 12.0. The third-order valence-corrected chi connectivity index (χ3v) is 6.72. The Bertz CT molecular complexity index is 877. The van der Waals surface area contributed by atoms with Crippen LogP contribution in [0.4, 0.5) is 0 Å². The van der Waals surface area contributed by atoms with Gasteiger partial charge in [-0.2, -0.15) is 0 Å². The first-order valence-corrected chi connectivity index (χ1v) is 12.0. The topological polar surface area (TPSA) is 71.7 Å². The van der Waals surface area contributed by atoms with E-state index in [1.54, 1.807) is 0 Å². The normalized spacial score (nSPS) is 22.5. The van der Waals surface area contributed by atoms with E-state index in [1.165, 1.54) is 0 Å². The van der Waals surface area contributed by atoms with Gasteiger partial charge in [0.1, 0.15) is 5.75 Å². The number of aromatic nitrogens is 2. The molecule has 1 saturated carbocycles. The number of rotatable bonds is 6. The number of hydrogen-bond donors (Lipinski definition) is 0. The maximum absolute atomic E-state index is 13.0. The van der Waals surface area contributed by atoms with Gasteiger partial charge < -0.3 is 14.1 Å². The van der Waals surface area contributed by atoms with E-state index in [9.17, 15) is 4.79 Å². The van der Waals surface area contributed by atoms with E-state index >= 15 is 0 Å². The van der Waals surface area contributed by atoms with Crippen molar-refractivity contribution in [2.75, 3.05) is 26.2 Å². The lowest BCUT2D eigenvalue weighted by atomic mass is 9.86. The summed E-state index contributed by atoms with van der Waals surface area (Å²) < 4.78 is 11.9. The third kappa shape index (κ3) is 5.31. The monoisotopic (exact) mass is 440 g/mol. The number of amides is 1. The van der Waals surface area contributed by atoms with E-state index in [0.29, 0.717) is 23.7 Å². The molecule has 1 aromatic heterocycles. The molecule has 0 radical (unpaired) electrons. The molecule has 2 aromatic rings. The number of benzene rings is 1. The average Bonchev–Trinajstić information content (AvgIpc) is 3.30. The van der Waals surface area contributed by atoms with Gasteiger partial charge in [0, 0.05) is 49.6 Å². The minimum absolute atomic E-state index is 0.149. The first-order chi connectivity index (χ1) is 15.4. The van der Waals surface area contributed by atoms with Crippen LogP contribution >= 0.6 is 0 Å². The van der Waals surface area contributed by atoms with Crippen molar-refractivity contribution < 1.29 is 13.9 Å². The summed E-state index contributed by atoms with van der Waals surface area (Å²) >= 11 is 0. The maximum Gasteiger partial charge on any atom is 0.247 e. The molecule has 0 N–H and O–H groups in total. The summed E-state index contributed by atoms with van der Waals surface area (Å²) in [5.74, 6) is 2.73. The molecule has 1 aliphatic heterocycles. The summed E-state index contributed by atoms with van der Waals surface area (Å²) in [5, 5.41) is 8.23. The third-order valence-electron chi connectivity index (χ3n) is 6.72. The van der Waals surface area contributed by atoms with Crippen molar-refractivity contribution in [1.82, 2.24) is 20.0 Å². The number of hydrogen-bond acceptors (Lipinski definition) is 6. The molecule has 2 aliphatic rings. The summed E-state index contributed by atoms with van der Waals surface area (Å²) in [4.78, 5) is 17.5. The summed E-state index contributed by atoms with van der Waals surface area (Å²) in [7, 11) is 0. The molecule has 1 saturated heterocycles. The fourth-order valence-electron chi connectivity index (χ4n) is 4.60. The van der Waals surface area contributed by atoms with Gasteiger partial charge in [-0.15, -0.1) is 10.2 Å².